The minimum absolute atomic E-state index is 0.0485. The van der Waals surface area contributed by atoms with Crippen LogP contribution in [0.15, 0.2) is 109 Å². The van der Waals surface area contributed by atoms with Crippen molar-refractivity contribution in [3.63, 3.8) is 0 Å². The highest BCUT2D eigenvalue weighted by Crippen LogP contribution is 2.43. The third-order valence-electron chi connectivity index (χ3n) is 7.11. The first kappa shape index (κ1) is 21.0. The maximum Gasteiger partial charge on any atom is 0.273 e. The van der Waals surface area contributed by atoms with Crippen LogP contribution in [0, 0.1) is 17.9 Å². The van der Waals surface area contributed by atoms with Gasteiger partial charge < -0.3 is 14.6 Å². The van der Waals surface area contributed by atoms with Crippen LogP contribution in [0.25, 0.3) is 4.85 Å². The SMILES string of the molecule is [C-]#[N+]c1cc(N2c3ccccc3B3c4ccccc4N(c4ccccc4)c4cccc2c43)cc(C#N)n1. The van der Waals surface area contributed by atoms with Gasteiger partial charge in [0, 0.05) is 40.2 Å². The van der Waals surface area contributed by atoms with Crippen LogP contribution in [0.5, 0.6) is 0 Å². The number of hydrogen-bond donors (Lipinski definition) is 0. The molecule has 2 aliphatic heterocycles. The van der Waals surface area contributed by atoms with Crippen LogP contribution in [-0.2, 0) is 0 Å². The van der Waals surface area contributed by atoms with Crippen LogP contribution < -0.4 is 26.2 Å². The molecular weight excluding hydrogens is 453 g/mol. The second kappa shape index (κ2) is 8.12. The molecule has 3 heterocycles. The van der Waals surface area contributed by atoms with Gasteiger partial charge in [-0.25, -0.2) is 0 Å². The molecule has 6 heteroatoms. The number of nitrogens with zero attached hydrogens (tertiary/aromatic N) is 5. The van der Waals surface area contributed by atoms with Crippen LogP contribution >= 0.6 is 0 Å². The van der Waals surface area contributed by atoms with Crippen molar-refractivity contribution in [3.05, 3.63) is 126 Å². The van der Waals surface area contributed by atoms with Gasteiger partial charge in [0.2, 0.25) is 5.69 Å². The molecule has 1 aromatic heterocycles. The standard InChI is InChI=1S/C31H18BN5/c1-34-30-19-23(18-21(20-33)35-30)37-27-15-8-6-13-25(27)32-24-12-5-7-14-26(24)36(22-10-3-2-4-11-22)28-16-9-17-29(37)31(28)32/h2-19H. The average molecular weight is 471 g/mol. The number of pyridine rings is 1. The van der Waals surface area contributed by atoms with Gasteiger partial charge in [-0.15, -0.1) is 4.98 Å². The lowest BCUT2D eigenvalue weighted by molar-refractivity contribution is 1.22. The summed E-state index contributed by atoms with van der Waals surface area (Å²) in [5.41, 5.74) is 10.0. The summed E-state index contributed by atoms with van der Waals surface area (Å²) >= 11 is 0. The van der Waals surface area contributed by atoms with E-state index in [1.807, 2.05) is 12.1 Å². The first-order valence-corrected chi connectivity index (χ1v) is 12.0. The zero-order valence-corrected chi connectivity index (χ0v) is 19.7. The molecule has 37 heavy (non-hydrogen) atoms. The number of hydrogen-bond acceptors (Lipinski definition) is 4. The molecule has 0 aliphatic carbocycles. The van der Waals surface area contributed by atoms with Gasteiger partial charge in [0.25, 0.3) is 12.5 Å². The van der Waals surface area contributed by atoms with Gasteiger partial charge in [0.15, 0.2) is 0 Å². The van der Waals surface area contributed by atoms with Crippen molar-refractivity contribution in [2.75, 3.05) is 9.80 Å². The smallest absolute Gasteiger partial charge is 0.273 e. The molecule has 0 unspecified atom stereocenters. The largest absolute Gasteiger partial charge is 0.361 e. The number of anilines is 6. The van der Waals surface area contributed by atoms with Gasteiger partial charge in [-0.3, -0.25) is 0 Å². The molecule has 4 aromatic carbocycles. The van der Waals surface area contributed by atoms with E-state index in [0.717, 1.165) is 34.1 Å². The predicted octanol–water partition coefficient (Wildman–Crippen LogP) is 5.59. The van der Waals surface area contributed by atoms with Crippen LogP contribution in [0.4, 0.5) is 39.9 Å². The van der Waals surface area contributed by atoms with Crippen molar-refractivity contribution in [3.8, 4) is 6.07 Å². The Morgan fingerprint density at radius 2 is 1.24 bits per heavy atom. The van der Waals surface area contributed by atoms with Gasteiger partial charge in [0.05, 0.1) is 0 Å². The van der Waals surface area contributed by atoms with Crippen LogP contribution in [0.1, 0.15) is 5.69 Å². The molecule has 0 saturated heterocycles. The van der Waals surface area contributed by atoms with Crippen LogP contribution in [-0.4, -0.2) is 11.7 Å². The fourth-order valence-electron chi connectivity index (χ4n) is 5.71. The van der Waals surface area contributed by atoms with E-state index in [0.29, 0.717) is 0 Å². The summed E-state index contributed by atoms with van der Waals surface area (Å²) in [6, 6.07) is 39.5. The van der Waals surface area contributed by atoms with E-state index in [9.17, 15) is 5.26 Å². The van der Waals surface area contributed by atoms with Crippen molar-refractivity contribution >= 4 is 63.0 Å². The molecule has 0 radical (unpaired) electrons. The van der Waals surface area contributed by atoms with Gasteiger partial charge in [0.1, 0.15) is 6.07 Å². The molecular formula is C31H18BN5. The molecule has 0 bridgehead atoms. The van der Waals surface area contributed by atoms with E-state index in [2.05, 4.69) is 111 Å². The lowest BCUT2D eigenvalue weighted by Gasteiger charge is -2.44. The minimum Gasteiger partial charge on any atom is -0.361 e. The Morgan fingerprint density at radius 3 is 1.86 bits per heavy atom. The van der Waals surface area contributed by atoms with E-state index >= 15 is 0 Å². The Labute approximate surface area is 215 Å². The Balaban J connectivity index is 1.57. The number of rotatable bonds is 2. The molecule has 2 aliphatic rings. The van der Waals surface area contributed by atoms with Gasteiger partial charge >= 0.3 is 0 Å². The van der Waals surface area contributed by atoms with E-state index in [1.165, 1.54) is 16.4 Å². The van der Waals surface area contributed by atoms with Crippen molar-refractivity contribution in [2.45, 2.75) is 0 Å². The fourth-order valence-corrected chi connectivity index (χ4v) is 5.71. The lowest BCUT2D eigenvalue weighted by atomic mass is 9.33. The van der Waals surface area contributed by atoms with Gasteiger partial charge in [-0.1, -0.05) is 67.2 Å². The molecule has 7 rings (SSSR count). The van der Waals surface area contributed by atoms with Crippen molar-refractivity contribution in [2.24, 2.45) is 0 Å². The van der Waals surface area contributed by atoms with E-state index in [4.69, 9.17) is 6.57 Å². The summed E-state index contributed by atoms with van der Waals surface area (Å²) in [4.78, 5) is 12.2. The Kier molecular flexibility index (Phi) is 4.61. The molecule has 0 N–H and O–H groups in total. The second-order valence-corrected chi connectivity index (χ2v) is 9.06. The topological polar surface area (TPSA) is 47.5 Å². The lowest BCUT2D eigenvalue weighted by Crippen LogP contribution is -2.61. The first-order valence-electron chi connectivity index (χ1n) is 12.0. The highest BCUT2D eigenvalue weighted by molar-refractivity contribution is 7.00. The highest BCUT2D eigenvalue weighted by atomic mass is 15.2. The second-order valence-electron chi connectivity index (χ2n) is 9.06. The number of fused-ring (bicyclic) bond motifs is 4. The monoisotopic (exact) mass is 471 g/mol. The maximum atomic E-state index is 9.63. The molecule has 0 fully saturated rings. The Bertz CT molecular complexity index is 1750. The van der Waals surface area contributed by atoms with E-state index < -0.39 is 0 Å². The van der Waals surface area contributed by atoms with E-state index in [-0.39, 0.29) is 18.2 Å². The Hall–Kier alpha value is -5.33. The highest BCUT2D eigenvalue weighted by Gasteiger charge is 2.42. The number of benzene rings is 4. The molecule has 0 saturated carbocycles. The van der Waals surface area contributed by atoms with Crippen molar-refractivity contribution in [1.82, 2.24) is 4.98 Å². The summed E-state index contributed by atoms with van der Waals surface area (Å²) in [5, 5.41) is 9.63. The minimum atomic E-state index is 0.0485. The fraction of sp³-hybridized carbons (Fsp3) is 0. The molecule has 5 aromatic rings. The average Bonchev–Trinajstić information content (AvgIpc) is 2.97. The molecule has 0 spiro atoms. The van der Waals surface area contributed by atoms with Crippen LogP contribution in [0.2, 0.25) is 0 Å². The molecule has 5 nitrogen and oxygen atoms in total. The van der Waals surface area contributed by atoms with Gasteiger partial charge in [-0.05, 0) is 58.9 Å². The maximum absolute atomic E-state index is 9.63. The zero-order valence-electron chi connectivity index (χ0n) is 19.7. The van der Waals surface area contributed by atoms with Crippen molar-refractivity contribution in [1.29, 1.82) is 5.26 Å². The summed E-state index contributed by atoms with van der Waals surface area (Å²) in [6.45, 7) is 7.60. The molecule has 0 atom stereocenters. The first-order chi connectivity index (χ1) is 18.3. The van der Waals surface area contributed by atoms with E-state index in [1.54, 1.807) is 12.1 Å². The number of nitriles is 1. The van der Waals surface area contributed by atoms with Crippen molar-refractivity contribution < 1.29 is 0 Å². The number of aromatic nitrogens is 1. The van der Waals surface area contributed by atoms with Gasteiger partial charge in [-0.2, -0.15) is 5.26 Å². The third kappa shape index (κ3) is 3.07. The molecule has 170 valence electrons. The Morgan fingerprint density at radius 1 is 0.676 bits per heavy atom. The molecule has 0 amide bonds. The predicted molar refractivity (Wildman–Crippen MR) is 149 cm³/mol. The van der Waals surface area contributed by atoms with Crippen LogP contribution in [0.3, 0.4) is 0 Å². The summed E-state index contributed by atoms with van der Waals surface area (Å²) in [7, 11) is 0. The summed E-state index contributed by atoms with van der Waals surface area (Å²) in [5.74, 6) is 0.203. The summed E-state index contributed by atoms with van der Waals surface area (Å²) in [6.07, 6.45) is 0. The normalized spacial score (nSPS) is 12.6. The third-order valence-corrected chi connectivity index (χ3v) is 7.11. The quantitative estimate of drug-likeness (QED) is 0.244. The number of para-hydroxylation sites is 3. The summed E-state index contributed by atoms with van der Waals surface area (Å²) < 4.78 is 0. The zero-order chi connectivity index (χ0) is 24.9.